The largest absolute Gasteiger partial charge is 0.378 e. The Hall–Kier alpha value is -2.44. The van der Waals surface area contributed by atoms with Crippen LogP contribution in [0.1, 0.15) is 22.0 Å². The van der Waals surface area contributed by atoms with E-state index in [1.807, 2.05) is 17.0 Å². The van der Waals surface area contributed by atoms with E-state index in [4.69, 9.17) is 4.74 Å². The molecule has 0 aliphatic carbocycles. The van der Waals surface area contributed by atoms with Crippen LogP contribution in [0.2, 0.25) is 0 Å². The maximum atomic E-state index is 13.0. The standard InChI is InChI=1S/C20H24N4O2/c1-21-19-17(8-5-9-22-19)20(25)23-10-11-24-16(12-23)13-26-14-18(24)15-6-3-2-4-7-15/h2-9,16,18H,10-14H2,1H3,(H,21,22)/t16-,18-/m1/s1. The fourth-order valence-electron chi connectivity index (χ4n) is 3.93. The molecule has 1 amide bonds. The third-order valence-electron chi connectivity index (χ3n) is 5.26. The summed E-state index contributed by atoms with van der Waals surface area (Å²) >= 11 is 0. The van der Waals surface area contributed by atoms with Gasteiger partial charge in [0.05, 0.1) is 30.9 Å². The lowest BCUT2D eigenvalue weighted by Gasteiger charge is -2.48. The molecule has 0 bridgehead atoms. The van der Waals surface area contributed by atoms with E-state index in [-0.39, 0.29) is 18.0 Å². The summed E-state index contributed by atoms with van der Waals surface area (Å²) in [6.07, 6.45) is 1.69. The average molecular weight is 352 g/mol. The van der Waals surface area contributed by atoms with Gasteiger partial charge in [0.25, 0.3) is 5.91 Å². The minimum atomic E-state index is 0.0314. The first-order chi connectivity index (χ1) is 12.8. The molecular formula is C20H24N4O2. The number of rotatable bonds is 3. The Bertz CT molecular complexity index is 767. The molecule has 2 aliphatic rings. The van der Waals surface area contributed by atoms with Crippen molar-refractivity contribution in [3.63, 3.8) is 0 Å². The Kier molecular flexibility index (Phi) is 4.86. The molecule has 0 unspecified atom stereocenters. The van der Waals surface area contributed by atoms with E-state index in [9.17, 15) is 4.79 Å². The number of carbonyl (C=O) groups is 1. The van der Waals surface area contributed by atoms with Crippen LogP contribution in [0.5, 0.6) is 0 Å². The number of amides is 1. The lowest BCUT2D eigenvalue weighted by Crippen LogP contribution is -2.60. The van der Waals surface area contributed by atoms with Gasteiger partial charge in [-0.25, -0.2) is 4.98 Å². The highest BCUT2D eigenvalue weighted by atomic mass is 16.5. The summed E-state index contributed by atoms with van der Waals surface area (Å²) in [6.45, 7) is 3.63. The first-order valence-electron chi connectivity index (χ1n) is 9.08. The van der Waals surface area contributed by atoms with Gasteiger partial charge < -0.3 is 15.0 Å². The summed E-state index contributed by atoms with van der Waals surface area (Å²) < 4.78 is 5.88. The van der Waals surface area contributed by atoms with Crippen molar-refractivity contribution in [3.05, 3.63) is 59.8 Å². The maximum absolute atomic E-state index is 13.0. The molecule has 2 aliphatic heterocycles. The number of anilines is 1. The number of ether oxygens (including phenoxy) is 1. The summed E-state index contributed by atoms with van der Waals surface area (Å²) in [5.74, 6) is 0.658. The smallest absolute Gasteiger partial charge is 0.257 e. The molecule has 6 nitrogen and oxygen atoms in total. The molecule has 6 heteroatoms. The molecule has 2 aromatic rings. The second kappa shape index (κ2) is 7.43. The van der Waals surface area contributed by atoms with E-state index in [1.54, 1.807) is 19.3 Å². The molecule has 2 saturated heterocycles. The first-order valence-corrected chi connectivity index (χ1v) is 9.08. The fraction of sp³-hybridized carbons (Fsp3) is 0.400. The lowest BCUT2D eigenvalue weighted by molar-refractivity contribution is -0.0770. The van der Waals surface area contributed by atoms with Crippen molar-refractivity contribution >= 4 is 11.7 Å². The predicted octanol–water partition coefficient (Wildman–Crippen LogP) is 2.02. The van der Waals surface area contributed by atoms with Gasteiger partial charge in [-0.1, -0.05) is 30.3 Å². The van der Waals surface area contributed by atoms with E-state index in [0.29, 0.717) is 31.1 Å². The van der Waals surface area contributed by atoms with E-state index in [0.717, 1.165) is 13.1 Å². The summed E-state index contributed by atoms with van der Waals surface area (Å²) in [4.78, 5) is 21.7. The average Bonchev–Trinajstić information content (AvgIpc) is 2.73. The Morgan fingerprint density at radius 2 is 2.00 bits per heavy atom. The number of aromatic nitrogens is 1. The van der Waals surface area contributed by atoms with Gasteiger partial charge in [-0.3, -0.25) is 9.69 Å². The molecule has 0 spiro atoms. The highest BCUT2D eigenvalue weighted by Gasteiger charge is 2.38. The van der Waals surface area contributed by atoms with Crippen LogP contribution in [0.25, 0.3) is 0 Å². The number of piperazine rings is 1. The molecule has 1 N–H and O–H groups in total. The number of nitrogens with one attached hydrogen (secondary N) is 1. The van der Waals surface area contributed by atoms with Crippen molar-refractivity contribution in [1.29, 1.82) is 0 Å². The second-order valence-electron chi connectivity index (χ2n) is 6.76. The number of benzene rings is 1. The van der Waals surface area contributed by atoms with Crippen LogP contribution in [0.4, 0.5) is 5.82 Å². The molecule has 1 aromatic carbocycles. The molecule has 136 valence electrons. The zero-order valence-corrected chi connectivity index (χ0v) is 15.0. The quantitative estimate of drug-likeness (QED) is 0.916. The molecule has 1 aromatic heterocycles. The molecule has 4 rings (SSSR count). The maximum Gasteiger partial charge on any atom is 0.257 e. The number of nitrogens with zero attached hydrogens (tertiary/aromatic N) is 3. The third kappa shape index (κ3) is 3.18. The molecule has 2 fully saturated rings. The van der Waals surface area contributed by atoms with Crippen molar-refractivity contribution in [2.75, 3.05) is 45.2 Å². The Labute approximate surface area is 153 Å². The molecule has 0 radical (unpaired) electrons. The first kappa shape index (κ1) is 17.0. The predicted molar refractivity (Wildman–Crippen MR) is 100 cm³/mol. The minimum Gasteiger partial charge on any atom is -0.378 e. The van der Waals surface area contributed by atoms with E-state index in [1.165, 1.54) is 5.56 Å². The van der Waals surface area contributed by atoms with Crippen LogP contribution in [0.15, 0.2) is 48.7 Å². The van der Waals surface area contributed by atoms with Crippen LogP contribution in [-0.4, -0.2) is 66.6 Å². The van der Waals surface area contributed by atoms with Gasteiger partial charge in [0.15, 0.2) is 0 Å². The lowest BCUT2D eigenvalue weighted by atomic mass is 10.00. The molecular weight excluding hydrogens is 328 g/mol. The molecule has 2 atom stereocenters. The second-order valence-corrected chi connectivity index (χ2v) is 6.76. The van der Waals surface area contributed by atoms with Gasteiger partial charge in [-0.2, -0.15) is 0 Å². The summed E-state index contributed by atoms with van der Waals surface area (Å²) in [7, 11) is 1.79. The summed E-state index contributed by atoms with van der Waals surface area (Å²) in [6, 6.07) is 14.6. The van der Waals surface area contributed by atoms with Crippen molar-refractivity contribution in [3.8, 4) is 0 Å². The van der Waals surface area contributed by atoms with Crippen molar-refractivity contribution in [2.24, 2.45) is 0 Å². The van der Waals surface area contributed by atoms with Gasteiger partial charge in [0, 0.05) is 32.9 Å². The Balaban J connectivity index is 1.50. The zero-order valence-electron chi connectivity index (χ0n) is 15.0. The van der Waals surface area contributed by atoms with Gasteiger partial charge in [0.2, 0.25) is 0 Å². The van der Waals surface area contributed by atoms with Gasteiger partial charge in [0.1, 0.15) is 5.82 Å². The fourth-order valence-corrected chi connectivity index (χ4v) is 3.93. The number of carbonyl (C=O) groups excluding carboxylic acids is 1. The Morgan fingerprint density at radius 3 is 2.81 bits per heavy atom. The van der Waals surface area contributed by atoms with E-state index >= 15 is 0 Å². The zero-order chi connectivity index (χ0) is 17.9. The third-order valence-corrected chi connectivity index (χ3v) is 5.26. The monoisotopic (exact) mass is 352 g/mol. The molecule has 3 heterocycles. The van der Waals surface area contributed by atoms with Gasteiger partial charge in [-0.05, 0) is 17.7 Å². The van der Waals surface area contributed by atoms with Crippen LogP contribution in [0.3, 0.4) is 0 Å². The van der Waals surface area contributed by atoms with Crippen molar-refractivity contribution < 1.29 is 9.53 Å². The van der Waals surface area contributed by atoms with E-state index in [2.05, 4.69) is 39.5 Å². The van der Waals surface area contributed by atoms with Crippen molar-refractivity contribution in [1.82, 2.24) is 14.8 Å². The normalized spacial score (nSPS) is 23.3. The van der Waals surface area contributed by atoms with Crippen LogP contribution < -0.4 is 5.32 Å². The SMILES string of the molecule is CNc1ncccc1C(=O)N1CCN2[C@@H](COC[C@@H]2c2ccccc2)C1. The Morgan fingerprint density at radius 1 is 1.15 bits per heavy atom. The van der Waals surface area contributed by atoms with Crippen molar-refractivity contribution in [2.45, 2.75) is 12.1 Å². The summed E-state index contributed by atoms with van der Waals surface area (Å²) in [5, 5.41) is 3.01. The molecule has 26 heavy (non-hydrogen) atoms. The van der Waals surface area contributed by atoms with Gasteiger partial charge >= 0.3 is 0 Å². The minimum absolute atomic E-state index is 0.0314. The van der Waals surface area contributed by atoms with Crippen LogP contribution in [0, 0.1) is 0 Å². The van der Waals surface area contributed by atoms with Crippen LogP contribution >= 0.6 is 0 Å². The topological polar surface area (TPSA) is 57.7 Å². The summed E-state index contributed by atoms with van der Waals surface area (Å²) in [5.41, 5.74) is 1.90. The highest BCUT2D eigenvalue weighted by molar-refractivity contribution is 5.98. The number of morpholine rings is 1. The number of fused-ring (bicyclic) bond motifs is 1. The number of hydrogen-bond donors (Lipinski definition) is 1. The number of pyridine rings is 1. The van der Waals surface area contributed by atoms with E-state index < -0.39 is 0 Å². The van der Waals surface area contributed by atoms with Crippen LogP contribution in [-0.2, 0) is 4.74 Å². The van der Waals surface area contributed by atoms with Gasteiger partial charge in [-0.15, -0.1) is 0 Å². The highest BCUT2D eigenvalue weighted by Crippen LogP contribution is 2.30. The molecule has 0 saturated carbocycles. The number of hydrogen-bond acceptors (Lipinski definition) is 5.